The Morgan fingerprint density at radius 2 is 1.93 bits per heavy atom. The molecule has 0 radical (unpaired) electrons. The lowest BCUT2D eigenvalue weighted by molar-refractivity contribution is -0.139. The second-order valence-corrected chi connectivity index (χ2v) is 6.30. The van der Waals surface area contributed by atoms with E-state index in [0.29, 0.717) is 17.1 Å². The van der Waals surface area contributed by atoms with Crippen LogP contribution in [-0.2, 0) is 20.9 Å². The molecule has 27 heavy (non-hydrogen) atoms. The molecule has 1 atom stereocenters. The predicted octanol–water partition coefficient (Wildman–Crippen LogP) is 2.39. The van der Waals surface area contributed by atoms with E-state index in [4.69, 9.17) is 4.74 Å². The topological polar surface area (TPSA) is 87.7 Å². The maximum atomic E-state index is 12.7. The SMILES string of the molecule is COc1ccc(NC(C)=O)cc1N[C@H]1CC(=O)N(Cc2ccccc2)C1=O. The van der Waals surface area contributed by atoms with Crippen molar-refractivity contribution in [3.63, 3.8) is 0 Å². The Kier molecular flexibility index (Phi) is 5.40. The zero-order valence-electron chi connectivity index (χ0n) is 15.2. The Balaban J connectivity index is 1.77. The lowest BCUT2D eigenvalue weighted by Crippen LogP contribution is -2.34. The molecule has 0 saturated carbocycles. The summed E-state index contributed by atoms with van der Waals surface area (Å²) in [5.41, 5.74) is 2.00. The van der Waals surface area contributed by atoms with Gasteiger partial charge in [0.25, 0.3) is 5.91 Å². The van der Waals surface area contributed by atoms with E-state index >= 15 is 0 Å². The summed E-state index contributed by atoms with van der Waals surface area (Å²) in [6.07, 6.45) is 0.0686. The Morgan fingerprint density at radius 1 is 1.19 bits per heavy atom. The van der Waals surface area contributed by atoms with Gasteiger partial charge in [-0.05, 0) is 23.8 Å². The average Bonchev–Trinajstić information content (AvgIpc) is 2.90. The molecule has 1 saturated heterocycles. The third kappa shape index (κ3) is 4.25. The molecule has 1 heterocycles. The van der Waals surface area contributed by atoms with Gasteiger partial charge in [0.05, 0.1) is 25.8 Å². The number of benzene rings is 2. The smallest absolute Gasteiger partial charge is 0.252 e. The Labute approximate surface area is 157 Å². The van der Waals surface area contributed by atoms with Gasteiger partial charge in [-0.3, -0.25) is 19.3 Å². The van der Waals surface area contributed by atoms with Gasteiger partial charge in [0.1, 0.15) is 11.8 Å². The third-order valence-electron chi connectivity index (χ3n) is 4.28. The second-order valence-electron chi connectivity index (χ2n) is 6.30. The highest BCUT2D eigenvalue weighted by molar-refractivity contribution is 6.07. The maximum absolute atomic E-state index is 12.7. The first-order valence-electron chi connectivity index (χ1n) is 8.58. The van der Waals surface area contributed by atoms with Gasteiger partial charge in [-0.2, -0.15) is 0 Å². The molecule has 0 bridgehead atoms. The number of anilines is 2. The summed E-state index contributed by atoms with van der Waals surface area (Å²) in [7, 11) is 1.52. The lowest BCUT2D eigenvalue weighted by atomic mass is 10.2. The fourth-order valence-electron chi connectivity index (χ4n) is 3.02. The molecular formula is C20H21N3O4. The summed E-state index contributed by atoms with van der Waals surface area (Å²) in [6.45, 7) is 1.66. The largest absolute Gasteiger partial charge is 0.495 e. The van der Waals surface area contributed by atoms with Crippen LogP contribution in [0.3, 0.4) is 0 Å². The molecule has 3 amide bonds. The van der Waals surface area contributed by atoms with Gasteiger partial charge < -0.3 is 15.4 Å². The average molecular weight is 367 g/mol. The van der Waals surface area contributed by atoms with Gasteiger partial charge in [0.2, 0.25) is 11.8 Å². The molecule has 1 aliphatic heterocycles. The highest BCUT2D eigenvalue weighted by Crippen LogP contribution is 2.30. The lowest BCUT2D eigenvalue weighted by Gasteiger charge is -2.18. The van der Waals surface area contributed by atoms with E-state index < -0.39 is 6.04 Å². The number of amides is 3. The first-order chi connectivity index (χ1) is 13.0. The molecule has 7 heteroatoms. The number of likely N-dealkylation sites (tertiary alicyclic amines) is 1. The van der Waals surface area contributed by atoms with Crippen LogP contribution in [0.2, 0.25) is 0 Å². The van der Waals surface area contributed by atoms with Crippen molar-refractivity contribution in [2.75, 3.05) is 17.7 Å². The van der Waals surface area contributed by atoms with E-state index in [0.717, 1.165) is 5.56 Å². The maximum Gasteiger partial charge on any atom is 0.252 e. The number of nitrogens with zero attached hydrogens (tertiary/aromatic N) is 1. The Hall–Kier alpha value is -3.35. The predicted molar refractivity (Wildman–Crippen MR) is 101 cm³/mol. The molecule has 2 aromatic carbocycles. The molecule has 3 rings (SSSR count). The van der Waals surface area contributed by atoms with Crippen LogP contribution in [-0.4, -0.2) is 35.8 Å². The monoisotopic (exact) mass is 367 g/mol. The molecular weight excluding hydrogens is 346 g/mol. The number of ether oxygens (including phenoxy) is 1. The number of carbonyl (C=O) groups is 3. The molecule has 2 aromatic rings. The fourth-order valence-corrected chi connectivity index (χ4v) is 3.02. The van der Waals surface area contributed by atoms with Gasteiger partial charge in [0, 0.05) is 12.6 Å². The van der Waals surface area contributed by atoms with Gasteiger partial charge in [-0.15, -0.1) is 0 Å². The molecule has 0 spiro atoms. The van der Waals surface area contributed by atoms with Crippen LogP contribution >= 0.6 is 0 Å². The quantitative estimate of drug-likeness (QED) is 0.766. The summed E-state index contributed by atoms with van der Waals surface area (Å²) >= 11 is 0. The summed E-state index contributed by atoms with van der Waals surface area (Å²) in [5.74, 6) is -0.188. The normalized spacial score (nSPS) is 16.4. The Morgan fingerprint density at radius 3 is 2.59 bits per heavy atom. The minimum Gasteiger partial charge on any atom is -0.495 e. The van der Waals surface area contributed by atoms with Gasteiger partial charge in [-0.1, -0.05) is 30.3 Å². The minimum atomic E-state index is -0.678. The van der Waals surface area contributed by atoms with Crippen molar-refractivity contribution in [2.24, 2.45) is 0 Å². The van der Waals surface area contributed by atoms with Crippen molar-refractivity contribution < 1.29 is 19.1 Å². The number of carbonyl (C=O) groups excluding carboxylic acids is 3. The zero-order chi connectivity index (χ0) is 19.4. The van der Waals surface area contributed by atoms with E-state index in [1.165, 1.54) is 18.9 Å². The highest BCUT2D eigenvalue weighted by atomic mass is 16.5. The second kappa shape index (κ2) is 7.90. The van der Waals surface area contributed by atoms with Crippen LogP contribution in [0.4, 0.5) is 11.4 Å². The first kappa shape index (κ1) is 18.4. The molecule has 0 aromatic heterocycles. The van der Waals surface area contributed by atoms with Crippen LogP contribution < -0.4 is 15.4 Å². The van der Waals surface area contributed by atoms with Crippen molar-refractivity contribution in [1.29, 1.82) is 0 Å². The number of methoxy groups -OCH3 is 1. The van der Waals surface area contributed by atoms with Crippen molar-refractivity contribution in [1.82, 2.24) is 4.90 Å². The summed E-state index contributed by atoms with van der Waals surface area (Å²) < 4.78 is 5.32. The van der Waals surface area contributed by atoms with Crippen molar-refractivity contribution in [3.8, 4) is 5.75 Å². The summed E-state index contributed by atoms with van der Waals surface area (Å²) in [5, 5.41) is 5.77. The third-order valence-corrected chi connectivity index (χ3v) is 4.28. The van der Waals surface area contributed by atoms with E-state index in [-0.39, 0.29) is 30.7 Å². The van der Waals surface area contributed by atoms with E-state index in [1.807, 2.05) is 30.3 Å². The van der Waals surface area contributed by atoms with Crippen molar-refractivity contribution >= 4 is 29.1 Å². The molecule has 1 fully saturated rings. The standard InChI is InChI=1S/C20H21N3O4/c1-13(24)21-15-8-9-18(27-2)16(10-15)22-17-11-19(25)23(20(17)26)12-14-6-4-3-5-7-14/h3-10,17,22H,11-12H2,1-2H3,(H,21,24)/t17-/m0/s1. The van der Waals surface area contributed by atoms with Gasteiger partial charge in [-0.25, -0.2) is 0 Å². The number of hydrogen-bond donors (Lipinski definition) is 2. The van der Waals surface area contributed by atoms with E-state index in [1.54, 1.807) is 18.2 Å². The van der Waals surface area contributed by atoms with Crippen LogP contribution in [0.5, 0.6) is 5.75 Å². The van der Waals surface area contributed by atoms with Crippen molar-refractivity contribution in [3.05, 3.63) is 54.1 Å². The van der Waals surface area contributed by atoms with Crippen LogP contribution in [0.1, 0.15) is 18.9 Å². The number of imide groups is 1. The van der Waals surface area contributed by atoms with Crippen LogP contribution in [0.25, 0.3) is 0 Å². The van der Waals surface area contributed by atoms with Gasteiger partial charge >= 0.3 is 0 Å². The molecule has 2 N–H and O–H groups in total. The van der Waals surface area contributed by atoms with Crippen LogP contribution in [0, 0.1) is 0 Å². The van der Waals surface area contributed by atoms with Crippen LogP contribution in [0.15, 0.2) is 48.5 Å². The molecule has 0 unspecified atom stereocenters. The fraction of sp³-hybridized carbons (Fsp3) is 0.250. The van der Waals surface area contributed by atoms with E-state index in [2.05, 4.69) is 10.6 Å². The highest BCUT2D eigenvalue weighted by Gasteiger charge is 2.38. The molecule has 1 aliphatic rings. The number of hydrogen-bond acceptors (Lipinski definition) is 5. The summed E-state index contributed by atoms with van der Waals surface area (Å²) in [6, 6.07) is 13.8. The first-order valence-corrected chi connectivity index (χ1v) is 8.58. The molecule has 7 nitrogen and oxygen atoms in total. The molecule has 140 valence electrons. The zero-order valence-corrected chi connectivity index (χ0v) is 15.2. The molecule has 0 aliphatic carbocycles. The number of rotatable bonds is 6. The summed E-state index contributed by atoms with van der Waals surface area (Å²) in [4.78, 5) is 37.6. The van der Waals surface area contributed by atoms with Crippen molar-refractivity contribution in [2.45, 2.75) is 25.9 Å². The van der Waals surface area contributed by atoms with Gasteiger partial charge in [0.15, 0.2) is 0 Å². The minimum absolute atomic E-state index is 0.0686. The Bertz CT molecular complexity index is 867. The van der Waals surface area contributed by atoms with E-state index in [9.17, 15) is 14.4 Å². The number of nitrogens with one attached hydrogen (secondary N) is 2.